The standard InChI is InChI=1S/C42H47F4N7O4/c1-24(2)57-37-21-36(53-16-14-27(15-17-53)52(5)23-26-10-11-28(32(43)19-26)29-12-13-39(54)51-41(29)56)25(3)18-35(37)50-38-20-34(31(22-48-38)42(44,45)46)49-33-9-7-6-8-30(33)40(55)47-4/h6-11,18-22,24,27,29H,12-17,23H2,1-5H3,(H,47,55)(H2,48,49,50)(H,51,54,56). The first-order chi connectivity index (χ1) is 27.1. The molecule has 2 aliphatic rings. The lowest BCUT2D eigenvalue weighted by Gasteiger charge is -2.38. The van der Waals surface area contributed by atoms with Crippen LogP contribution in [0.2, 0.25) is 0 Å². The van der Waals surface area contributed by atoms with Gasteiger partial charge in [-0.1, -0.05) is 24.3 Å². The number of amides is 3. The van der Waals surface area contributed by atoms with Gasteiger partial charge in [0.1, 0.15) is 17.4 Å². The highest BCUT2D eigenvalue weighted by molar-refractivity contribution is 6.01. The SMILES string of the molecule is CNC(=O)c1ccccc1Nc1cc(Nc2cc(C)c(N3CCC(N(C)Cc4ccc(C5CCC(=O)NC5=O)c(F)c4)CC3)cc2OC(C)C)ncc1C(F)(F)F. The lowest BCUT2D eigenvalue weighted by molar-refractivity contribution is -0.137. The molecule has 0 radical (unpaired) electrons. The number of halogens is 4. The number of pyridine rings is 1. The number of carbonyl (C=O) groups is 3. The Hall–Kier alpha value is -5.70. The number of para-hydroxylation sites is 1. The van der Waals surface area contributed by atoms with Crippen LogP contribution in [0, 0.1) is 12.7 Å². The summed E-state index contributed by atoms with van der Waals surface area (Å²) >= 11 is 0. The molecule has 2 saturated heterocycles. The zero-order valence-electron chi connectivity index (χ0n) is 32.5. The highest BCUT2D eigenvalue weighted by Gasteiger charge is 2.35. The van der Waals surface area contributed by atoms with Gasteiger partial charge in [-0.2, -0.15) is 13.2 Å². The van der Waals surface area contributed by atoms with Crippen molar-refractivity contribution in [3.63, 3.8) is 0 Å². The van der Waals surface area contributed by atoms with Gasteiger partial charge in [0, 0.05) is 68.7 Å². The summed E-state index contributed by atoms with van der Waals surface area (Å²) in [5.41, 5.74) is 2.63. The van der Waals surface area contributed by atoms with Gasteiger partial charge in [0.2, 0.25) is 11.8 Å². The molecule has 1 unspecified atom stereocenters. The number of nitrogens with zero attached hydrogens (tertiary/aromatic N) is 3. The minimum absolute atomic E-state index is 0.137. The first-order valence-corrected chi connectivity index (χ1v) is 18.9. The number of hydrogen-bond acceptors (Lipinski definition) is 9. The molecule has 4 N–H and O–H groups in total. The monoisotopic (exact) mass is 789 g/mol. The minimum Gasteiger partial charge on any atom is -0.489 e. The summed E-state index contributed by atoms with van der Waals surface area (Å²) in [5, 5.41) is 10.8. The summed E-state index contributed by atoms with van der Waals surface area (Å²) < 4.78 is 63.9. The number of piperidine rings is 2. The van der Waals surface area contributed by atoms with E-state index in [1.807, 2.05) is 46.0 Å². The second kappa shape index (κ2) is 17.2. The second-order valence-electron chi connectivity index (χ2n) is 14.8. The molecular weight excluding hydrogens is 742 g/mol. The number of hydrogen-bond donors (Lipinski definition) is 4. The Morgan fingerprint density at radius 2 is 1.74 bits per heavy atom. The first kappa shape index (κ1) is 40.9. The smallest absolute Gasteiger partial charge is 0.419 e. The average molecular weight is 790 g/mol. The van der Waals surface area contributed by atoms with Crippen molar-refractivity contribution in [2.45, 2.75) is 77.2 Å². The van der Waals surface area contributed by atoms with E-state index in [4.69, 9.17) is 4.74 Å². The summed E-state index contributed by atoms with van der Waals surface area (Å²) in [6.07, 6.45) is -2.00. The molecule has 11 nitrogen and oxygen atoms in total. The van der Waals surface area contributed by atoms with Crippen LogP contribution in [0.25, 0.3) is 0 Å². The number of carbonyl (C=O) groups excluding carboxylic acids is 3. The van der Waals surface area contributed by atoms with Gasteiger partial charge in [-0.3, -0.25) is 24.6 Å². The first-order valence-electron chi connectivity index (χ1n) is 18.9. The molecule has 0 spiro atoms. The van der Waals surface area contributed by atoms with E-state index in [2.05, 4.69) is 36.1 Å². The number of aryl methyl sites for hydroxylation is 1. The average Bonchev–Trinajstić information content (AvgIpc) is 3.16. The number of rotatable bonds is 12. The molecule has 1 aromatic heterocycles. The van der Waals surface area contributed by atoms with Gasteiger partial charge in [0.05, 0.1) is 40.2 Å². The molecule has 3 aromatic carbocycles. The maximum atomic E-state index is 15.2. The van der Waals surface area contributed by atoms with E-state index in [0.717, 1.165) is 48.9 Å². The fraction of sp³-hybridized carbons (Fsp3) is 0.381. The van der Waals surface area contributed by atoms with Crippen molar-refractivity contribution < 1.29 is 36.7 Å². The van der Waals surface area contributed by atoms with Crippen LogP contribution in [0.1, 0.15) is 78.1 Å². The summed E-state index contributed by atoms with van der Waals surface area (Å²) in [4.78, 5) is 44.9. The van der Waals surface area contributed by atoms with Crippen LogP contribution >= 0.6 is 0 Å². The Kier molecular flexibility index (Phi) is 12.4. The molecule has 57 heavy (non-hydrogen) atoms. The second-order valence-corrected chi connectivity index (χ2v) is 14.8. The molecule has 15 heteroatoms. The normalized spacial score (nSPS) is 16.5. The van der Waals surface area contributed by atoms with E-state index >= 15 is 4.39 Å². The van der Waals surface area contributed by atoms with Crippen molar-refractivity contribution in [1.29, 1.82) is 0 Å². The van der Waals surface area contributed by atoms with Crippen molar-refractivity contribution in [3.05, 3.63) is 100 Å². The molecule has 2 aliphatic heterocycles. The van der Waals surface area contributed by atoms with Crippen LogP contribution in [0.4, 0.5) is 46.1 Å². The fourth-order valence-corrected chi connectivity index (χ4v) is 7.43. The van der Waals surface area contributed by atoms with E-state index in [1.54, 1.807) is 18.2 Å². The Balaban J connectivity index is 1.16. The van der Waals surface area contributed by atoms with E-state index in [9.17, 15) is 27.6 Å². The maximum Gasteiger partial charge on any atom is 0.419 e. The van der Waals surface area contributed by atoms with Crippen molar-refractivity contribution >= 4 is 46.3 Å². The van der Waals surface area contributed by atoms with Gasteiger partial charge in [-0.15, -0.1) is 0 Å². The lowest BCUT2D eigenvalue weighted by atomic mass is 9.89. The number of alkyl halides is 3. The van der Waals surface area contributed by atoms with E-state index in [0.29, 0.717) is 23.5 Å². The zero-order valence-corrected chi connectivity index (χ0v) is 32.5. The molecule has 6 rings (SSSR count). The molecule has 302 valence electrons. The van der Waals surface area contributed by atoms with Gasteiger partial charge < -0.3 is 25.6 Å². The number of benzene rings is 3. The van der Waals surface area contributed by atoms with Gasteiger partial charge in [0.25, 0.3) is 5.91 Å². The molecule has 0 saturated carbocycles. The Labute approximate surface area is 329 Å². The van der Waals surface area contributed by atoms with Crippen LogP contribution in [0.15, 0.2) is 66.9 Å². The molecule has 0 bridgehead atoms. The van der Waals surface area contributed by atoms with E-state index in [1.165, 1.54) is 31.3 Å². The molecular formula is C42H47F4N7O4. The Bertz CT molecular complexity index is 2140. The van der Waals surface area contributed by atoms with Crippen molar-refractivity contribution in [2.75, 3.05) is 42.7 Å². The number of nitrogens with one attached hydrogen (secondary N) is 4. The van der Waals surface area contributed by atoms with Gasteiger partial charge in [-0.05, 0) is 82.5 Å². The van der Waals surface area contributed by atoms with Crippen LogP contribution in [-0.2, 0) is 22.3 Å². The van der Waals surface area contributed by atoms with Crippen molar-refractivity contribution in [3.8, 4) is 5.75 Å². The maximum absolute atomic E-state index is 15.2. The summed E-state index contributed by atoms with van der Waals surface area (Å²) in [7, 11) is 3.46. The molecule has 2 fully saturated rings. The Morgan fingerprint density at radius 3 is 2.40 bits per heavy atom. The van der Waals surface area contributed by atoms with Crippen molar-refractivity contribution in [1.82, 2.24) is 20.5 Å². The molecule has 4 aromatic rings. The zero-order chi connectivity index (χ0) is 41.0. The van der Waals surface area contributed by atoms with Crippen LogP contribution < -0.4 is 30.9 Å². The quantitative estimate of drug-likeness (QED) is 0.0840. The fourth-order valence-electron chi connectivity index (χ4n) is 7.43. The molecule has 1 atom stereocenters. The van der Waals surface area contributed by atoms with Gasteiger partial charge in [-0.25, -0.2) is 9.37 Å². The Morgan fingerprint density at radius 1 is 1.00 bits per heavy atom. The highest BCUT2D eigenvalue weighted by atomic mass is 19.4. The number of ether oxygens (including phenoxy) is 1. The van der Waals surface area contributed by atoms with Crippen LogP contribution in [0.3, 0.4) is 0 Å². The third-order valence-corrected chi connectivity index (χ3v) is 10.3. The summed E-state index contributed by atoms with van der Waals surface area (Å²) in [6.45, 7) is 7.77. The third kappa shape index (κ3) is 9.65. The minimum atomic E-state index is -4.72. The topological polar surface area (TPSA) is 128 Å². The largest absolute Gasteiger partial charge is 0.489 e. The molecule has 0 aliphatic carbocycles. The number of anilines is 5. The van der Waals surface area contributed by atoms with Crippen LogP contribution in [-0.4, -0.2) is 66.9 Å². The van der Waals surface area contributed by atoms with E-state index in [-0.39, 0.29) is 53.7 Å². The van der Waals surface area contributed by atoms with Gasteiger partial charge >= 0.3 is 6.18 Å². The predicted octanol–water partition coefficient (Wildman–Crippen LogP) is 7.80. The predicted molar refractivity (Wildman–Crippen MR) is 211 cm³/mol. The lowest BCUT2D eigenvalue weighted by Crippen LogP contribution is -2.43. The molecule has 3 amide bonds. The number of aromatic nitrogens is 1. The van der Waals surface area contributed by atoms with E-state index < -0.39 is 35.3 Å². The number of imide groups is 1. The highest BCUT2D eigenvalue weighted by Crippen LogP contribution is 2.40. The molecule has 3 heterocycles. The summed E-state index contributed by atoms with van der Waals surface area (Å²) in [6, 6.07) is 16.6. The van der Waals surface area contributed by atoms with Gasteiger partial charge in [0.15, 0.2) is 0 Å². The van der Waals surface area contributed by atoms with Crippen LogP contribution in [0.5, 0.6) is 5.75 Å². The summed E-state index contributed by atoms with van der Waals surface area (Å²) in [5.74, 6) is -1.74. The van der Waals surface area contributed by atoms with Crippen molar-refractivity contribution in [2.24, 2.45) is 0 Å². The third-order valence-electron chi connectivity index (χ3n) is 10.3.